The summed E-state index contributed by atoms with van der Waals surface area (Å²) < 4.78 is 24.9. The van der Waals surface area contributed by atoms with Crippen molar-refractivity contribution in [1.82, 2.24) is 4.57 Å². The molecule has 1 atom stereocenters. The maximum absolute atomic E-state index is 14.1. The van der Waals surface area contributed by atoms with Crippen LogP contribution in [0.25, 0.3) is 11.8 Å². The third-order valence-electron chi connectivity index (χ3n) is 6.58. The molecule has 0 fully saturated rings. The van der Waals surface area contributed by atoms with Crippen molar-refractivity contribution < 1.29 is 23.7 Å². The third kappa shape index (κ3) is 4.63. The second kappa shape index (κ2) is 10.8. The Balaban J connectivity index is 1.65. The topological polar surface area (TPSA) is 88.4 Å². The lowest BCUT2D eigenvalue weighted by Gasteiger charge is -2.26. The van der Waals surface area contributed by atoms with Crippen LogP contribution in [0.1, 0.15) is 29.7 Å². The van der Waals surface area contributed by atoms with Gasteiger partial charge >= 0.3 is 5.97 Å². The number of ether oxygens (including phenoxy) is 4. The lowest BCUT2D eigenvalue weighted by Crippen LogP contribution is -2.40. The van der Waals surface area contributed by atoms with E-state index in [4.69, 9.17) is 23.9 Å². The molecule has 3 heterocycles. The van der Waals surface area contributed by atoms with Gasteiger partial charge in [0.25, 0.3) is 5.56 Å². The summed E-state index contributed by atoms with van der Waals surface area (Å²) in [5.74, 6) is 1.26. The van der Waals surface area contributed by atoms with Crippen LogP contribution in [0.3, 0.4) is 0 Å². The molecule has 0 saturated carbocycles. The molecule has 0 spiro atoms. The van der Waals surface area contributed by atoms with Crippen LogP contribution in [0.5, 0.6) is 17.2 Å². The quantitative estimate of drug-likeness (QED) is 0.297. The average Bonchev–Trinajstić information content (AvgIpc) is 3.57. The van der Waals surface area contributed by atoms with Crippen LogP contribution in [0, 0.1) is 0 Å². The van der Waals surface area contributed by atoms with Gasteiger partial charge in [-0.1, -0.05) is 63.7 Å². The fraction of sp³-hybridized carbons (Fsp3) is 0.167. The number of carbonyl (C=O) groups is 1. The molecule has 6 rings (SSSR count). The van der Waals surface area contributed by atoms with Gasteiger partial charge in [-0.25, -0.2) is 9.79 Å². The van der Waals surface area contributed by atoms with Gasteiger partial charge in [0.05, 0.1) is 35.6 Å². The maximum atomic E-state index is 14.1. The molecule has 0 radical (unpaired) electrons. The van der Waals surface area contributed by atoms with Gasteiger partial charge in [0, 0.05) is 10.0 Å². The van der Waals surface area contributed by atoms with E-state index >= 15 is 0 Å². The van der Waals surface area contributed by atoms with Crippen LogP contribution >= 0.6 is 27.3 Å². The molecule has 0 aliphatic carbocycles. The molecular weight excluding hydrogens is 596 g/mol. The summed E-state index contributed by atoms with van der Waals surface area (Å²) in [5, 5.41) is 0. The van der Waals surface area contributed by atoms with Gasteiger partial charge in [0.2, 0.25) is 6.79 Å². The maximum Gasteiger partial charge on any atom is 0.338 e. The monoisotopic (exact) mass is 618 g/mol. The number of benzene rings is 3. The number of halogens is 1. The van der Waals surface area contributed by atoms with Crippen LogP contribution in [0.4, 0.5) is 0 Å². The Morgan fingerprint density at radius 1 is 1.12 bits per heavy atom. The average molecular weight is 619 g/mol. The molecule has 0 amide bonds. The van der Waals surface area contributed by atoms with E-state index in [1.165, 1.54) is 11.3 Å². The zero-order valence-electron chi connectivity index (χ0n) is 21.5. The Kier molecular flexibility index (Phi) is 7.03. The highest BCUT2D eigenvalue weighted by atomic mass is 79.9. The number of thiazole rings is 1. The fourth-order valence-electron chi connectivity index (χ4n) is 4.74. The van der Waals surface area contributed by atoms with Gasteiger partial charge < -0.3 is 18.9 Å². The first kappa shape index (κ1) is 26.1. The normalized spacial score (nSPS) is 16.0. The minimum absolute atomic E-state index is 0.104. The van der Waals surface area contributed by atoms with Crippen molar-refractivity contribution in [3.05, 3.63) is 113 Å². The first-order valence-electron chi connectivity index (χ1n) is 12.5. The molecule has 1 aromatic heterocycles. The molecule has 8 nitrogen and oxygen atoms in total. The van der Waals surface area contributed by atoms with E-state index in [0.29, 0.717) is 37.8 Å². The summed E-state index contributed by atoms with van der Waals surface area (Å²) in [5.41, 5.74) is 2.63. The zero-order valence-corrected chi connectivity index (χ0v) is 24.0. The summed E-state index contributed by atoms with van der Waals surface area (Å²) in [7, 11) is 1.59. The molecule has 3 aromatic carbocycles. The fourth-order valence-corrected chi connectivity index (χ4v) is 6.09. The highest BCUT2D eigenvalue weighted by molar-refractivity contribution is 9.10. The van der Waals surface area contributed by atoms with Crippen LogP contribution in [0.15, 0.2) is 86.6 Å². The van der Waals surface area contributed by atoms with E-state index < -0.39 is 12.0 Å². The molecule has 0 saturated heterocycles. The number of hydrogen-bond acceptors (Lipinski definition) is 8. The van der Waals surface area contributed by atoms with Gasteiger partial charge in [-0.05, 0) is 54.5 Å². The number of carbonyl (C=O) groups excluding carboxylic acids is 1. The first-order chi connectivity index (χ1) is 19.5. The Morgan fingerprint density at radius 3 is 2.70 bits per heavy atom. The summed E-state index contributed by atoms with van der Waals surface area (Å²) in [4.78, 5) is 33.0. The number of fused-ring (bicyclic) bond motifs is 2. The van der Waals surface area contributed by atoms with Crippen molar-refractivity contribution in [3.8, 4) is 17.2 Å². The molecule has 2 aliphatic heterocycles. The second-order valence-electron chi connectivity index (χ2n) is 8.93. The zero-order chi connectivity index (χ0) is 27.8. The van der Waals surface area contributed by atoms with Crippen molar-refractivity contribution >= 4 is 45.0 Å². The number of esters is 1. The lowest BCUT2D eigenvalue weighted by atomic mass is 9.93. The van der Waals surface area contributed by atoms with Crippen LogP contribution in [-0.4, -0.2) is 31.0 Å². The van der Waals surface area contributed by atoms with Crippen LogP contribution in [0.2, 0.25) is 0 Å². The van der Waals surface area contributed by atoms with Gasteiger partial charge in [-0.15, -0.1) is 0 Å². The lowest BCUT2D eigenvalue weighted by molar-refractivity contribution is -0.138. The molecule has 0 bridgehead atoms. The summed E-state index contributed by atoms with van der Waals surface area (Å²) >= 11 is 4.82. The van der Waals surface area contributed by atoms with E-state index in [1.54, 1.807) is 36.8 Å². The van der Waals surface area contributed by atoms with Gasteiger partial charge in [-0.3, -0.25) is 9.36 Å². The molecule has 202 valence electrons. The standard InChI is InChI=1S/C30H23BrN2O6S/c1-3-37-29(35)25-26(17-7-5-4-6-8-17)32-30-33(27(25)18-9-12-22-23(14-18)39-16-38-22)28(34)24(40-30)15-19-13-20(36-2)10-11-21(19)31/h4-15,27H,3,16H2,1-2H3/t27-/m1/s1. The molecule has 40 heavy (non-hydrogen) atoms. The van der Waals surface area contributed by atoms with E-state index in [2.05, 4.69) is 15.9 Å². The van der Waals surface area contributed by atoms with E-state index in [-0.39, 0.29) is 24.5 Å². The van der Waals surface area contributed by atoms with Gasteiger partial charge in [0.15, 0.2) is 16.3 Å². The number of nitrogens with zero attached hydrogens (tertiary/aromatic N) is 2. The second-order valence-corrected chi connectivity index (χ2v) is 10.8. The first-order valence-corrected chi connectivity index (χ1v) is 14.1. The highest BCUT2D eigenvalue weighted by Crippen LogP contribution is 2.40. The van der Waals surface area contributed by atoms with Crippen molar-refractivity contribution in [2.75, 3.05) is 20.5 Å². The molecule has 0 N–H and O–H groups in total. The minimum atomic E-state index is -0.809. The Morgan fingerprint density at radius 2 is 1.93 bits per heavy atom. The van der Waals surface area contributed by atoms with Crippen molar-refractivity contribution in [2.45, 2.75) is 13.0 Å². The van der Waals surface area contributed by atoms with E-state index in [0.717, 1.165) is 15.6 Å². The third-order valence-corrected chi connectivity index (χ3v) is 8.28. The van der Waals surface area contributed by atoms with Crippen LogP contribution < -0.4 is 29.1 Å². The molecule has 2 aliphatic rings. The van der Waals surface area contributed by atoms with Crippen LogP contribution in [-0.2, 0) is 9.53 Å². The summed E-state index contributed by atoms with van der Waals surface area (Å²) in [6.45, 7) is 2.02. The van der Waals surface area contributed by atoms with Crippen molar-refractivity contribution in [2.24, 2.45) is 4.99 Å². The van der Waals surface area contributed by atoms with Crippen molar-refractivity contribution in [1.29, 1.82) is 0 Å². The predicted octanol–water partition coefficient (Wildman–Crippen LogP) is 4.44. The van der Waals surface area contributed by atoms with E-state index in [9.17, 15) is 9.59 Å². The SMILES string of the molecule is CCOC(=O)C1=C(c2ccccc2)N=c2sc(=Cc3cc(OC)ccc3Br)c(=O)n2[C@@H]1c1ccc2c(c1)OCO2. The Bertz CT molecular complexity index is 1840. The number of rotatable bonds is 6. The summed E-state index contributed by atoms with van der Waals surface area (Å²) in [6, 6.07) is 19.6. The predicted molar refractivity (Wildman–Crippen MR) is 154 cm³/mol. The molecule has 0 unspecified atom stereocenters. The smallest absolute Gasteiger partial charge is 0.338 e. The number of aromatic nitrogens is 1. The highest BCUT2D eigenvalue weighted by Gasteiger charge is 2.36. The van der Waals surface area contributed by atoms with Gasteiger partial charge in [-0.2, -0.15) is 0 Å². The van der Waals surface area contributed by atoms with Gasteiger partial charge in [0.1, 0.15) is 5.75 Å². The number of hydrogen-bond donors (Lipinski definition) is 0. The minimum Gasteiger partial charge on any atom is -0.497 e. The van der Waals surface area contributed by atoms with E-state index in [1.807, 2.05) is 54.6 Å². The Hall–Kier alpha value is -4.15. The number of methoxy groups -OCH3 is 1. The summed E-state index contributed by atoms with van der Waals surface area (Å²) in [6.07, 6.45) is 1.80. The molecule has 4 aromatic rings. The molecule has 10 heteroatoms. The molecular formula is C30H23BrN2O6S. The van der Waals surface area contributed by atoms with Crippen molar-refractivity contribution in [3.63, 3.8) is 0 Å². The Labute approximate surface area is 241 Å². The largest absolute Gasteiger partial charge is 0.497 e.